The maximum absolute atomic E-state index is 13.5. The molecule has 0 saturated heterocycles. The summed E-state index contributed by atoms with van der Waals surface area (Å²) in [6.07, 6.45) is 1.94. The van der Waals surface area contributed by atoms with E-state index in [9.17, 15) is 14.0 Å². The first-order chi connectivity index (χ1) is 17.1. The molecule has 2 amide bonds. The van der Waals surface area contributed by atoms with Gasteiger partial charge in [0, 0.05) is 25.9 Å². The molecule has 0 spiro atoms. The van der Waals surface area contributed by atoms with Gasteiger partial charge in [-0.2, -0.15) is 0 Å². The lowest BCUT2D eigenvalue weighted by Gasteiger charge is -2.31. The number of amides is 2. The molecule has 0 saturated carbocycles. The molecule has 1 atom stereocenters. The van der Waals surface area contributed by atoms with Gasteiger partial charge in [0.2, 0.25) is 11.8 Å². The standard InChI is InChI=1S/C29H33FN2O3/c1-2-19-31-29(34)27(21-23-10-5-3-6-11-23)32(22-24-15-17-25(30)18-16-24)28(33)14-9-20-35-26-12-7-4-8-13-26/h3-8,10-13,15-18,27H,2,9,14,19-22H2,1H3,(H,31,34). The molecule has 3 aromatic carbocycles. The van der Waals surface area contributed by atoms with Crippen LogP contribution in [0.25, 0.3) is 0 Å². The quantitative estimate of drug-likeness (QED) is 0.347. The number of hydrogen-bond donors (Lipinski definition) is 1. The second kappa shape index (κ2) is 13.9. The van der Waals surface area contributed by atoms with Crippen LogP contribution in [0.15, 0.2) is 84.9 Å². The summed E-state index contributed by atoms with van der Waals surface area (Å²) in [7, 11) is 0. The molecule has 5 nitrogen and oxygen atoms in total. The van der Waals surface area contributed by atoms with E-state index in [4.69, 9.17) is 4.74 Å². The molecule has 0 aromatic heterocycles. The SMILES string of the molecule is CCCNC(=O)C(Cc1ccccc1)N(Cc1ccc(F)cc1)C(=O)CCCOc1ccccc1. The molecule has 0 heterocycles. The van der Waals surface area contributed by atoms with Gasteiger partial charge in [-0.3, -0.25) is 9.59 Å². The number of carbonyl (C=O) groups excluding carboxylic acids is 2. The van der Waals surface area contributed by atoms with Gasteiger partial charge in [0.25, 0.3) is 0 Å². The number of nitrogens with zero attached hydrogens (tertiary/aromatic N) is 1. The zero-order chi connectivity index (χ0) is 24.9. The van der Waals surface area contributed by atoms with Crippen molar-refractivity contribution in [3.63, 3.8) is 0 Å². The third kappa shape index (κ3) is 8.56. The van der Waals surface area contributed by atoms with Crippen molar-refractivity contribution in [3.8, 4) is 5.75 Å². The van der Waals surface area contributed by atoms with Gasteiger partial charge >= 0.3 is 0 Å². The van der Waals surface area contributed by atoms with Crippen LogP contribution in [-0.2, 0) is 22.6 Å². The lowest BCUT2D eigenvalue weighted by Crippen LogP contribution is -2.50. The first-order valence-electron chi connectivity index (χ1n) is 12.1. The molecule has 0 aliphatic rings. The average Bonchev–Trinajstić information content (AvgIpc) is 2.89. The molecule has 3 aromatic rings. The number of benzene rings is 3. The molecule has 0 fully saturated rings. The topological polar surface area (TPSA) is 58.6 Å². The first-order valence-corrected chi connectivity index (χ1v) is 12.1. The minimum Gasteiger partial charge on any atom is -0.494 e. The fraction of sp³-hybridized carbons (Fsp3) is 0.310. The van der Waals surface area contributed by atoms with Crippen LogP contribution in [0, 0.1) is 5.82 Å². The van der Waals surface area contributed by atoms with Gasteiger partial charge in [-0.25, -0.2) is 4.39 Å². The van der Waals surface area contributed by atoms with Gasteiger partial charge < -0.3 is 15.0 Å². The van der Waals surface area contributed by atoms with Crippen molar-refractivity contribution < 1.29 is 18.7 Å². The van der Waals surface area contributed by atoms with E-state index < -0.39 is 6.04 Å². The van der Waals surface area contributed by atoms with Crippen LogP contribution in [-0.4, -0.2) is 35.9 Å². The van der Waals surface area contributed by atoms with Crippen molar-refractivity contribution >= 4 is 11.8 Å². The predicted molar refractivity (Wildman–Crippen MR) is 135 cm³/mol. The Morgan fingerprint density at radius 3 is 2.23 bits per heavy atom. The highest BCUT2D eigenvalue weighted by Gasteiger charge is 2.30. The molecule has 0 radical (unpaired) electrons. The summed E-state index contributed by atoms with van der Waals surface area (Å²) in [5.74, 6) is 0.0838. The molecule has 184 valence electrons. The fourth-order valence-corrected chi connectivity index (χ4v) is 3.78. The minimum atomic E-state index is -0.684. The van der Waals surface area contributed by atoms with Crippen LogP contribution < -0.4 is 10.1 Å². The number of halogens is 1. The van der Waals surface area contributed by atoms with Crippen molar-refractivity contribution in [2.24, 2.45) is 0 Å². The van der Waals surface area contributed by atoms with E-state index in [0.717, 1.165) is 23.3 Å². The second-order valence-electron chi connectivity index (χ2n) is 8.41. The molecular weight excluding hydrogens is 443 g/mol. The number of rotatable bonds is 13. The van der Waals surface area contributed by atoms with Crippen LogP contribution >= 0.6 is 0 Å². The van der Waals surface area contributed by atoms with E-state index >= 15 is 0 Å². The highest BCUT2D eigenvalue weighted by atomic mass is 19.1. The fourth-order valence-electron chi connectivity index (χ4n) is 3.78. The maximum Gasteiger partial charge on any atom is 0.243 e. The van der Waals surface area contributed by atoms with Crippen LogP contribution in [0.5, 0.6) is 5.75 Å². The Balaban J connectivity index is 1.77. The summed E-state index contributed by atoms with van der Waals surface area (Å²) in [5, 5.41) is 2.95. The van der Waals surface area contributed by atoms with E-state index in [-0.39, 0.29) is 30.6 Å². The Labute approximate surface area is 206 Å². The molecule has 1 unspecified atom stereocenters. The van der Waals surface area contributed by atoms with Crippen molar-refractivity contribution in [2.75, 3.05) is 13.2 Å². The van der Waals surface area contributed by atoms with Gasteiger partial charge in [-0.1, -0.05) is 67.6 Å². The van der Waals surface area contributed by atoms with Gasteiger partial charge in [0.05, 0.1) is 6.61 Å². The number of nitrogens with one attached hydrogen (secondary N) is 1. The molecule has 35 heavy (non-hydrogen) atoms. The Morgan fingerprint density at radius 2 is 1.57 bits per heavy atom. The Hall–Kier alpha value is -3.67. The third-order valence-corrected chi connectivity index (χ3v) is 5.63. The highest BCUT2D eigenvalue weighted by Crippen LogP contribution is 2.17. The molecular formula is C29H33FN2O3. The normalized spacial score (nSPS) is 11.5. The number of ether oxygens (including phenoxy) is 1. The summed E-state index contributed by atoms with van der Waals surface area (Å²) in [5.41, 5.74) is 1.73. The van der Waals surface area contributed by atoms with Crippen molar-refractivity contribution in [1.82, 2.24) is 10.2 Å². The Bertz CT molecular complexity index is 1040. The summed E-state index contributed by atoms with van der Waals surface area (Å²) >= 11 is 0. The lowest BCUT2D eigenvalue weighted by atomic mass is 10.0. The smallest absolute Gasteiger partial charge is 0.243 e. The second-order valence-corrected chi connectivity index (χ2v) is 8.41. The average molecular weight is 477 g/mol. The van der Waals surface area contributed by atoms with Crippen LogP contribution in [0.4, 0.5) is 4.39 Å². The molecule has 0 bridgehead atoms. The van der Waals surface area contributed by atoms with E-state index in [0.29, 0.717) is 26.0 Å². The van der Waals surface area contributed by atoms with E-state index in [1.165, 1.54) is 12.1 Å². The van der Waals surface area contributed by atoms with Crippen LogP contribution in [0.3, 0.4) is 0 Å². The lowest BCUT2D eigenvalue weighted by molar-refractivity contribution is -0.141. The van der Waals surface area contributed by atoms with E-state index in [1.54, 1.807) is 17.0 Å². The summed E-state index contributed by atoms with van der Waals surface area (Å²) in [6, 6.07) is 24.5. The summed E-state index contributed by atoms with van der Waals surface area (Å²) in [6.45, 7) is 3.13. The first kappa shape index (κ1) is 25.9. The van der Waals surface area contributed by atoms with E-state index in [2.05, 4.69) is 5.32 Å². The number of hydrogen-bond acceptors (Lipinski definition) is 3. The van der Waals surface area contributed by atoms with Crippen molar-refractivity contribution in [3.05, 3.63) is 102 Å². The third-order valence-electron chi connectivity index (χ3n) is 5.63. The molecule has 1 N–H and O–H groups in total. The van der Waals surface area contributed by atoms with Crippen molar-refractivity contribution in [1.29, 1.82) is 0 Å². The van der Waals surface area contributed by atoms with Crippen LogP contribution in [0.2, 0.25) is 0 Å². The molecule has 3 rings (SSSR count). The monoisotopic (exact) mass is 476 g/mol. The zero-order valence-corrected chi connectivity index (χ0v) is 20.2. The summed E-state index contributed by atoms with van der Waals surface area (Å²) < 4.78 is 19.2. The Kier molecular flexibility index (Phi) is 10.3. The predicted octanol–water partition coefficient (Wildman–Crippen LogP) is 5.15. The minimum absolute atomic E-state index is 0.140. The maximum atomic E-state index is 13.5. The van der Waals surface area contributed by atoms with Gasteiger partial charge in [0.15, 0.2) is 0 Å². The molecule has 0 aliphatic heterocycles. The van der Waals surface area contributed by atoms with Crippen molar-refractivity contribution in [2.45, 2.75) is 45.2 Å². The largest absolute Gasteiger partial charge is 0.494 e. The number of para-hydroxylation sites is 1. The molecule has 0 aliphatic carbocycles. The van der Waals surface area contributed by atoms with Gasteiger partial charge in [0.1, 0.15) is 17.6 Å². The van der Waals surface area contributed by atoms with E-state index in [1.807, 2.05) is 67.6 Å². The van der Waals surface area contributed by atoms with Crippen LogP contribution in [0.1, 0.15) is 37.3 Å². The zero-order valence-electron chi connectivity index (χ0n) is 20.2. The molecule has 6 heteroatoms. The van der Waals surface area contributed by atoms with Gasteiger partial charge in [-0.15, -0.1) is 0 Å². The highest BCUT2D eigenvalue weighted by molar-refractivity contribution is 5.88. The summed E-state index contributed by atoms with van der Waals surface area (Å²) in [4.78, 5) is 28.3. The van der Waals surface area contributed by atoms with Gasteiger partial charge in [-0.05, 0) is 48.2 Å². The Morgan fingerprint density at radius 1 is 0.914 bits per heavy atom. The number of carbonyl (C=O) groups is 2.